The standard InChI is InChI=1S/C16H29N3S/c1-12(2)10-14-15(11-17-13(3)4)20-16(18-14)19-8-6-5-7-9-19/h12-13,17H,5-11H2,1-4H3. The van der Waals surface area contributed by atoms with Crippen molar-refractivity contribution in [1.82, 2.24) is 10.3 Å². The lowest BCUT2D eigenvalue weighted by atomic mass is 10.1. The van der Waals surface area contributed by atoms with Crippen molar-refractivity contribution in [3.8, 4) is 0 Å². The molecular formula is C16H29N3S. The van der Waals surface area contributed by atoms with Crippen LogP contribution in [0.3, 0.4) is 0 Å². The molecule has 1 fully saturated rings. The molecule has 0 aromatic carbocycles. The van der Waals surface area contributed by atoms with E-state index in [0.717, 1.165) is 13.0 Å². The number of hydrogen-bond acceptors (Lipinski definition) is 4. The van der Waals surface area contributed by atoms with Crippen LogP contribution in [0.1, 0.15) is 57.5 Å². The molecule has 0 saturated carbocycles. The number of rotatable bonds is 6. The Morgan fingerprint density at radius 1 is 1.15 bits per heavy atom. The molecule has 2 rings (SSSR count). The second kappa shape index (κ2) is 7.41. The van der Waals surface area contributed by atoms with E-state index in [4.69, 9.17) is 4.98 Å². The molecule has 0 amide bonds. The van der Waals surface area contributed by atoms with Gasteiger partial charge in [0.15, 0.2) is 5.13 Å². The highest BCUT2D eigenvalue weighted by Crippen LogP contribution is 2.30. The molecule has 0 aliphatic carbocycles. The van der Waals surface area contributed by atoms with Crippen molar-refractivity contribution in [2.24, 2.45) is 5.92 Å². The van der Waals surface area contributed by atoms with Gasteiger partial charge in [-0.25, -0.2) is 4.98 Å². The van der Waals surface area contributed by atoms with Crippen LogP contribution in [0.25, 0.3) is 0 Å². The first-order valence-corrected chi connectivity index (χ1v) is 8.85. The molecule has 0 radical (unpaired) electrons. The molecule has 1 aliphatic heterocycles. The van der Waals surface area contributed by atoms with E-state index in [1.54, 1.807) is 0 Å². The number of thiazole rings is 1. The summed E-state index contributed by atoms with van der Waals surface area (Å²) in [6.07, 6.45) is 5.11. The fourth-order valence-electron chi connectivity index (χ4n) is 2.57. The minimum absolute atomic E-state index is 0.530. The molecule has 1 aliphatic rings. The van der Waals surface area contributed by atoms with Crippen LogP contribution >= 0.6 is 11.3 Å². The number of nitrogens with zero attached hydrogens (tertiary/aromatic N) is 2. The number of hydrogen-bond donors (Lipinski definition) is 1. The Balaban J connectivity index is 2.12. The van der Waals surface area contributed by atoms with E-state index < -0.39 is 0 Å². The quantitative estimate of drug-likeness (QED) is 0.864. The van der Waals surface area contributed by atoms with E-state index in [2.05, 4.69) is 37.9 Å². The van der Waals surface area contributed by atoms with Crippen molar-refractivity contribution in [2.45, 2.75) is 66.0 Å². The maximum absolute atomic E-state index is 4.96. The predicted molar refractivity (Wildman–Crippen MR) is 88.7 cm³/mol. The number of anilines is 1. The summed E-state index contributed by atoms with van der Waals surface area (Å²) in [7, 11) is 0. The molecule has 1 aromatic heterocycles. The van der Waals surface area contributed by atoms with Crippen molar-refractivity contribution < 1.29 is 0 Å². The van der Waals surface area contributed by atoms with Gasteiger partial charge in [0.05, 0.1) is 5.69 Å². The summed E-state index contributed by atoms with van der Waals surface area (Å²) >= 11 is 1.90. The Hall–Kier alpha value is -0.610. The molecule has 4 heteroatoms. The van der Waals surface area contributed by atoms with Gasteiger partial charge in [0.2, 0.25) is 0 Å². The van der Waals surface area contributed by atoms with E-state index >= 15 is 0 Å². The van der Waals surface area contributed by atoms with Crippen LogP contribution in [0.15, 0.2) is 0 Å². The summed E-state index contributed by atoms with van der Waals surface area (Å²) in [5, 5.41) is 4.79. The first-order chi connectivity index (χ1) is 9.56. The van der Waals surface area contributed by atoms with Crippen LogP contribution < -0.4 is 10.2 Å². The molecule has 20 heavy (non-hydrogen) atoms. The molecule has 114 valence electrons. The van der Waals surface area contributed by atoms with Gasteiger partial charge in [-0.2, -0.15) is 0 Å². The SMILES string of the molecule is CC(C)Cc1nc(N2CCCCC2)sc1CNC(C)C. The Bertz CT molecular complexity index is 406. The molecule has 1 saturated heterocycles. The minimum Gasteiger partial charge on any atom is -0.348 e. The van der Waals surface area contributed by atoms with Gasteiger partial charge in [-0.15, -0.1) is 11.3 Å². The maximum Gasteiger partial charge on any atom is 0.185 e. The largest absolute Gasteiger partial charge is 0.348 e. The van der Waals surface area contributed by atoms with Crippen molar-refractivity contribution in [2.75, 3.05) is 18.0 Å². The molecular weight excluding hydrogens is 266 g/mol. The zero-order valence-electron chi connectivity index (χ0n) is 13.4. The second-order valence-electron chi connectivity index (χ2n) is 6.55. The van der Waals surface area contributed by atoms with Gasteiger partial charge in [0, 0.05) is 30.6 Å². The molecule has 0 atom stereocenters. The maximum atomic E-state index is 4.96. The van der Waals surface area contributed by atoms with Crippen molar-refractivity contribution >= 4 is 16.5 Å². The summed E-state index contributed by atoms with van der Waals surface area (Å²) < 4.78 is 0. The molecule has 2 heterocycles. The average molecular weight is 295 g/mol. The third-order valence-electron chi connectivity index (χ3n) is 3.67. The van der Waals surface area contributed by atoms with Crippen LogP contribution in [0, 0.1) is 5.92 Å². The van der Waals surface area contributed by atoms with Crippen LogP contribution in [0.4, 0.5) is 5.13 Å². The average Bonchev–Trinajstić information content (AvgIpc) is 2.80. The molecule has 1 N–H and O–H groups in total. The summed E-state index contributed by atoms with van der Waals surface area (Å²) in [5.74, 6) is 0.670. The molecule has 3 nitrogen and oxygen atoms in total. The van der Waals surface area contributed by atoms with Gasteiger partial charge in [-0.1, -0.05) is 27.7 Å². The van der Waals surface area contributed by atoms with Gasteiger partial charge in [0.1, 0.15) is 0 Å². The molecule has 0 unspecified atom stereocenters. The fourth-order valence-corrected chi connectivity index (χ4v) is 3.66. The van der Waals surface area contributed by atoms with E-state index in [-0.39, 0.29) is 0 Å². The third kappa shape index (κ3) is 4.45. The summed E-state index contributed by atoms with van der Waals surface area (Å²) in [6, 6.07) is 0.530. The Morgan fingerprint density at radius 2 is 1.85 bits per heavy atom. The van der Waals surface area contributed by atoms with Gasteiger partial charge in [0.25, 0.3) is 0 Å². The smallest absolute Gasteiger partial charge is 0.185 e. The number of aromatic nitrogens is 1. The van der Waals surface area contributed by atoms with E-state index in [1.807, 2.05) is 11.3 Å². The number of nitrogens with one attached hydrogen (secondary N) is 1. The zero-order valence-corrected chi connectivity index (χ0v) is 14.2. The number of piperidine rings is 1. The molecule has 0 bridgehead atoms. The second-order valence-corrected chi connectivity index (χ2v) is 7.61. The van der Waals surface area contributed by atoms with Gasteiger partial charge < -0.3 is 10.2 Å². The first kappa shape index (κ1) is 15.8. The Kier molecular flexibility index (Phi) is 5.85. The van der Waals surface area contributed by atoms with Gasteiger partial charge in [-0.05, 0) is 31.6 Å². The summed E-state index contributed by atoms with van der Waals surface area (Å²) in [4.78, 5) is 8.88. The predicted octanol–water partition coefficient (Wildman–Crippen LogP) is 3.83. The summed E-state index contributed by atoms with van der Waals surface area (Å²) in [5.41, 5.74) is 1.32. The Labute approximate surface area is 127 Å². The van der Waals surface area contributed by atoms with Crippen LogP contribution in [-0.2, 0) is 13.0 Å². The monoisotopic (exact) mass is 295 g/mol. The van der Waals surface area contributed by atoms with Gasteiger partial charge in [-0.3, -0.25) is 0 Å². The fraction of sp³-hybridized carbons (Fsp3) is 0.812. The highest BCUT2D eigenvalue weighted by Gasteiger charge is 2.18. The topological polar surface area (TPSA) is 28.2 Å². The molecule has 1 aromatic rings. The van der Waals surface area contributed by atoms with Crippen LogP contribution in [0.2, 0.25) is 0 Å². The van der Waals surface area contributed by atoms with Crippen LogP contribution in [-0.4, -0.2) is 24.1 Å². The third-order valence-corrected chi connectivity index (χ3v) is 4.82. The van der Waals surface area contributed by atoms with E-state index in [0.29, 0.717) is 12.0 Å². The lowest BCUT2D eigenvalue weighted by Crippen LogP contribution is -2.29. The zero-order chi connectivity index (χ0) is 14.5. The van der Waals surface area contributed by atoms with Gasteiger partial charge >= 0.3 is 0 Å². The minimum atomic E-state index is 0.530. The van der Waals surface area contributed by atoms with Crippen molar-refractivity contribution in [1.29, 1.82) is 0 Å². The van der Waals surface area contributed by atoms with Crippen LogP contribution in [0.5, 0.6) is 0 Å². The normalized spacial score (nSPS) is 16.4. The highest BCUT2D eigenvalue weighted by atomic mass is 32.1. The lowest BCUT2D eigenvalue weighted by Gasteiger charge is -2.25. The highest BCUT2D eigenvalue weighted by molar-refractivity contribution is 7.15. The lowest BCUT2D eigenvalue weighted by molar-refractivity contribution is 0.573. The Morgan fingerprint density at radius 3 is 2.45 bits per heavy atom. The molecule has 0 spiro atoms. The van der Waals surface area contributed by atoms with E-state index in [9.17, 15) is 0 Å². The van der Waals surface area contributed by atoms with E-state index in [1.165, 1.54) is 48.1 Å². The summed E-state index contributed by atoms with van der Waals surface area (Å²) in [6.45, 7) is 12.3. The van der Waals surface area contributed by atoms with Crippen molar-refractivity contribution in [3.05, 3.63) is 10.6 Å². The first-order valence-electron chi connectivity index (χ1n) is 8.03. The van der Waals surface area contributed by atoms with Crippen molar-refractivity contribution in [3.63, 3.8) is 0 Å².